The van der Waals surface area contributed by atoms with Gasteiger partial charge in [-0.25, -0.2) is 0 Å². The number of nitrogens with zero attached hydrogens (tertiary/aromatic N) is 1. The number of hydrogen-bond donors (Lipinski definition) is 0. The molecule has 5 nitrogen and oxygen atoms in total. The third kappa shape index (κ3) is 3.09. The Morgan fingerprint density at radius 2 is 1.83 bits per heavy atom. The van der Waals surface area contributed by atoms with Gasteiger partial charge in [0.25, 0.3) is 5.69 Å². The van der Waals surface area contributed by atoms with Crippen LogP contribution in [0, 0.1) is 10.1 Å². The van der Waals surface area contributed by atoms with Crippen LogP contribution >= 0.6 is 11.8 Å². The molecule has 6 heteroatoms. The van der Waals surface area contributed by atoms with E-state index in [9.17, 15) is 14.9 Å². The smallest absolute Gasteiger partial charge is 0.270 e. The Morgan fingerprint density at radius 3 is 2.50 bits per heavy atom. The van der Waals surface area contributed by atoms with Gasteiger partial charge in [-0.3, -0.25) is 14.9 Å². The standard InChI is InChI=1S/C18H13NO4S/c1-24-18-15(17(20)12-6-3-2-4-7-12)11-16(23-18)13-8-5-9-14(10-13)19(21)22/h2-11H,1H3. The van der Waals surface area contributed by atoms with Crippen LogP contribution in [0.5, 0.6) is 0 Å². The molecule has 0 atom stereocenters. The summed E-state index contributed by atoms with van der Waals surface area (Å²) in [5.41, 5.74) is 1.56. The highest BCUT2D eigenvalue weighted by Crippen LogP contribution is 2.33. The van der Waals surface area contributed by atoms with Crippen LogP contribution in [0.3, 0.4) is 0 Å². The third-order valence-electron chi connectivity index (χ3n) is 3.51. The van der Waals surface area contributed by atoms with E-state index < -0.39 is 4.92 Å². The maximum Gasteiger partial charge on any atom is 0.270 e. The summed E-state index contributed by atoms with van der Waals surface area (Å²) >= 11 is 1.32. The second-order valence-electron chi connectivity index (χ2n) is 5.02. The summed E-state index contributed by atoms with van der Waals surface area (Å²) in [5.74, 6) is 0.294. The fraction of sp³-hybridized carbons (Fsp3) is 0.0556. The molecule has 0 fully saturated rings. The van der Waals surface area contributed by atoms with Gasteiger partial charge in [-0.05, 0) is 12.3 Å². The summed E-state index contributed by atoms with van der Waals surface area (Å²) in [6.45, 7) is 0. The highest BCUT2D eigenvalue weighted by Gasteiger charge is 2.20. The van der Waals surface area contributed by atoms with E-state index in [4.69, 9.17) is 4.42 Å². The largest absolute Gasteiger partial charge is 0.449 e. The first-order valence-electron chi connectivity index (χ1n) is 7.12. The van der Waals surface area contributed by atoms with Gasteiger partial charge in [-0.1, -0.05) is 54.2 Å². The third-order valence-corrected chi connectivity index (χ3v) is 4.18. The molecule has 0 bridgehead atoms. The number of carbonyl (C=O) groups is 1. The van der Waals surface area contributed by atoms with Gasteiger partial charge in [0.15, 0.2) is 10.9 Å². The van der Waals surface area contributed by atoms with Crippen LogP contribution in [0.4, 0.5) is 5.69 Å². The molecule has 2 aromatic carbocycles. The van der Waals surface area contributed by atoms with Crippen molar-refractivity contribution in [3.8, 4) is 11.3 Å². The zero-order valence-corrected chi connectivity index (χ0v) is 13.6. The van der Waals surface area contributed by atoms with Gasteiger partial charge in [-0.2, -0.15) is 0 Å². The Kier molecular flexibility index (Phi) is 4.48. The lowest BCUT2D eigenvalue weighted by molar-refractivity contribution is -0.384. The molecule has 0 radical (unpaired) electrons. The Hall–Kier alpha value is -2.86. The van der Waals surface area contributed by atoms with E-state index in [2.05, 4.69) is 0 Å². The van der Waals surface area contributed by atoms with E-state index in [1.807, 2.05) is 12.3 Å². The predicted molar refractivity (Wildman–Crippen MR) is 92.5 cm³/mol. The molecule has 0 aliphatic carbocycles. The van der Waals surface area contributed by atoms with Crippen molar-refractivity contribution in [2.45, 2.75) is 5.09 Å². The van der Waals surface area contributed by atoms with Crippen LogP contribution in [0.25, 0.3) is 11.3 Å². The van der Waals surface area contributed by atoms with Crippen molar-refractivity contribution in [1.82, 2.24) is 0 Å². The maximum absolute atomic E-state index is 12.7. The zero-order valence-electron chi connectivity index (χ0n) is 12.8. The molecular formula is C18H13NO4S. The predicted octanol–water partition coefficient (Wildman–Crippen LogP) is 4.81. The van der Waals surface area contributed by atoms with Gasteiger partial charge >= 0.3 is 0 Å². The Bertz CT molecular complexity index is 902. The number of nitro groups is 1. The molecule has 0 amide bonds. The molecule has 24 heavy (non-hydrogen) atoms. The molecule has 0 aliphatic heterocycles. The van der Waals surface area contributed by atoms with Gasteiger partial charge in [0, 0.05) is 23.3 Å². The number of furan rings is 1. The fourth-order valence-electron chi connectivity index (χ4n) is 2.34. The minimum absolute atomic E-state index is 0.0227. The summed E-state index contributed by atoms with van der Waals surface area (Å²) in [6.07, 6.45) is 1.82. The van der Waals surface area contributed by atoms with E-state index in [1.165, 1.54) is 23.9 Å². The van der Waals surface area contributed by atoms with Crippen LogP contribution in [-0.4, -0.2) is 17.0 Å². The van der Waals surface area contributed by atoms with Crippen LogP contribution < -0.4 is 0 Å². The first kappa shape index (κ1) is 16.0. The number of thioether (sulfide) groups is 1. The molecule has 1 aromatic heterocycles. The van der Waals surface area contributed by atoms with E-state index in [-0.39, 0.29) is 11.5 Å². The second kappa shape index (κ2) is 6.72. The Labute approximate surface area is 142 Å². The highest BCUT2D eigenvalue weighted by atomic mass is 32.2. The number of rotatable bonds is 5. The van der Waals surface area contributed by atoms with Crippen molar-refractivity contribution in [3.63, 3.8) is 0 Å². The fourth-order valence-corrected chi connectivity index (χ4v) is 2.89. The molecule has 0 unspecified atom stereocenters. The molecule has 3 rings (SSSR count). The SMILES string of the molecule is CSc1oc(-c2cccc([N+](=O)[O-])c2)cc1C(=O)c1ccccc1. The van der Waals surface area contributed by atoms with Crippen molar-refractivity contribution >= 4 is 23.2 Å². The number of non-ortho nitro benzene ring substituents is 1. The van der Waals surface area contributed by atoms with E-state index in [1.54, 1.807) is 42.5 Å². The topological polar surface area (TPSA) is 73.3 Å². The van der Waals surface area contributed by atoms with Gasteiger partial charge in [0.1, 0.15) is 5.76 Å². The minimum Gasteiger partial charge on any atom is -0.449 e. The van der Waals surface area contributed by atoms with Crippen LogP contribution in [0.2, 0.25) is 0 Å². The number of ketones is 1. The molecule has 0 N–H and O–H groups in total. The molecule has 120 valence electrons. The monoisotopic (exact) mass is 339 g/mol. The Balaban J connectivity index is 2.04. The normalized spacial score (nSPS) is 10.5. The van der Waals surface area contributed by atoms with Gasteiger partial charge in [0.05, 0.1) is 10.5 Å². The molecule has 0 spiro atoms. The number of hydrogen-bond acceptors (Lipinski definition) is 5. The van der Waals surface area contributed by atoms with Crippen LogP contribution in [0.1, 0.15) is 15.9 Å². The second-order valence-corrected chi connectivity index (χ2v) is 5.80. The first-order valence-corrected chi connectivity index (χ1v) is 8.35. The quantitative estimate of drug-likeness (QED) is 0.289. The van der Waals surface area contributed by atoms with E-state index in [0.717, 1.165) is 0 Å². The lowest BCUT2D eigenvalue weighted by Gasteiger charge is -1.99. The maximum atomic E-state index is 12.7. The summed E-state index contributed by atoms with van der Waals surface area (Å²) in [5, 5.41) is 11.4. The first-order chi connectivity index (χ1) is 11.6. The van der Waals surface area contributed by atoms with Crippen LogP contribution in [0.15, 0.2) is 70.2 Å². The number of benzene rings is 2. The van der Waals surface area contributed by atoms with Gasteiger partial charge < -0.3 is 4.42 Å². The van der Waals surface area contributed by atoms with E-state index >= 15 is 0 Å². The zero-order chi connectivity index (χ0) is 17.1. The average Bonchev–Trinajstić information content (AvgIpc) is 3.06. The molecule has 0 saturated carbocycles. The van der Waals surface area contributed by atoms with Crippen molar-refractivity contribution < 1.29 is 14.1 Å². The number of carbonyl (C=O) groups excluding carboxylic acids is 1. The average molecular weight is 339 g/mol. The van der Waals surface area contributed by atoms with Crippen molar-refractivity contribution in [1.29, 1.82) is 0 Å². The van der Waals surface area contributed by atoms with E-state index in [0.29, 0.717) is 27.5 Å². The molecule has 0 aliphatic rings. The molecule has 3 aromatic rings. The Morgan fingerprint density at radius 1 is 1.08 bits per heavy atom. The summed E-state index contributed by atoms with van der Waals surface area (Å²) in [4.78, 5) is 23.1. The van der Waals surface area contributed by atoms with Crippen molar-refractivity contribution in [2.24, 2.45) is 0 Å². The van der Waals surface area contributed by atoms with Crippen LogP contribution in [-0.2, 0) is 0 Å². The molecular weight excluding hydrogens is 326 g/mol. The van der Waals surface area contributed by atoms with Gasteiger partial charge in [0.2, 0.25) is 0 Å². The summed E-state index contributed by atoms with van der Waals surface area (Å²) in [6, 6.07) is 16.7. The van der Waals surface area contributed by atoms with Gasteiger partial charge in [-0.15, -0.1) is 0 Å². The lowest BCUT2D eigenvalue weighted by Crippen LogP contribution is -2.00. The highest BCUT2D eigenvalue weighted by molar-refractivity contribution is 7.98. The lowest BCUT2D eigenvalue weighted by atomic mass is 10.0. The molecule has 0 saturated heterocycles. The molecule has 1 heterocycles. The number of nitro benzene ring substituents is 1. The summed E-state index contributed by atoms with van der Waals surface area (Å²) < 4.78 is 5.75. The van der Waals surface area contributed by atoms with Crippen molar-refractivity contribution in [3.05, 3.63) is 81.9 Å². The minimum atomic E-state index is -0.460. The van der Waals surface area contributed by atoms with Crippen molar-refractivity contribution in [2.75, 3.05) is 6.26 Å². The summed E-state index contributed by atoms with van der Waals surface area (Å²) in [7, 11) is 0.